The van der Waals surface area contributed by atoms with Crippen molar-refractivity contribution in [1.82, 2.24) is 20.5 Å². The van der Waals surface area contributed by atoms with E-state index >= 15 is 0 Å². The first kappa shape index (κ1) is 19.9. The van der Waals surface area contributed by atoms with Gasteiger partial charge < -0.3 is 19.8 Å². The highest BCUT2D eigenvalue weighted by Crippen LogP contribution is 2.35. The Labute approximate surface area is 163 Å². The molecule has 2 aromatic rings. The molecule has 2 amide bonds. The number of nitrogens with one attached hydrogen (secondary N) is 3. The summed E-state index contributed by atoms with van der Waals surface area (Å²) in [6.45, 7) is 7.54. The summed E-state index contributed by atoms with van der Waals surface area (Å²) in [5.74, 6) is 0.791. The van der Waals surface area contributed by atoms with E-state index in [0.717, 1.165) is 30.7 Å². The molecular formula is C19H27N5O4. The van der Waals surface area contributed by atoms with Crippen molar-refractivity contribution in [3.8, 4) is 0 Å². The van der Waals surface area contributed by atoms with Gasteiger partial charge in [-0.1, -0.05) is 0 Å². The first-order valence-corrected chi connectivity index (χ1v) is 9.43. The van der Waals surface area contributed by atoms with Crippen LogP contribution in [0.25, 0.3) is 0 Å². The number of hydrogen-bond donors (Lipinski definition) is 3. The van der Waals surface area contributed by atoms with Crippen LogP contribution in [0.4, 0.5) is 10.6 Å². The maximum atomic E-state index is 12.1. The molecule has 2 atom stereocenters. The molecule has 0 saturated heterocycles. The number of aromatic amines is 1. The highest BCUT2D eigenvalue weighted by atomic mass is 16.6. The lowest BCUT2D eigenvalue weighted by Gasteiger charge is -2.22. The number of anilines is 1. The summed E-state index contributed by atoms with van der Waals surface area (Å²) < 4.78 is 10.7. The van der Waals surface area contributed by atoms with Crippen LogP contribution >= 0.6 is 0 Å². The molecule has 0 spiro atoms. The minimum atomic E-state index is -0.391. The molecule has 0 aromatic carbocycles. The van der Waals surface area contributed by atoms with Gasteiger partial charge in [-0.15, -0.1) is 0 Å². The van der Waals surface area contributed by atoms with Gasteiger partial charge in [-0.25, -0.2) is 9.78 Å². The van der Waals surface area contributed by atoms with E-state index < -0.39 is 6.09 Å². The Morgan fingerprint density at radius 3 is 2.82 bits per heavy atom. The second kappa shape index (κ2) is 8.04. The third kappa shape index (κ3) is 5.58. The fraction of sp³-hybridized carbons (Fsp3) is 0.579. The summed E-state index contributed by atoms with van der Waals surface area (Å²) in [5, 5.41) is 12.7. The Bertz CT molecular complexity index is 835. The standard InChI is InChI=1S/C19H27N5O4/c1-11-10-27-17(20-11)9-16(25)21-15-8-14(23-24-15)12-5-6-13(7-12)28-18(26)22-19(2,3)4/h8,10,12-13H,5-7,9H2,1-4H3,(H,22,26)(H2,21,23,24,25)/t12-,13+/m0/s1. The van der Waals surface area contributed by atoms with E-state index in [1.54, 1.807) is 6.92 Å². The molecule has 1 saturated carbocycles. The van der Waals surface area contributed by atoms with E-state index in [4.69, 9.17) is 9.15 Å². The highest BCUT2D eigenvalue weighted by Gasteiger charge is 2.30. The Hall–Kier alpha value is -2.84. The minimum absolute atomic E-state index is 0.0538. The number of hydrogen-bond acceptors (Lipinski definition) is 6. The van der Waals surface area contributed by atoms with Gasteiger partial charge in [0.25, 0.3) is 0 Å². The van der Waals surface area contributed by atoms with Crippen LogP contribution in [0, 0.1) is 6.92 Å². The second-order valence-corrected chi connectivity index (χ2v) is 8.23. The number of oxazole rings is 1. The maximum absolute atomic E-state index is 12.1. The lowest BCUT2D eigenvalue weighted by Crippen LogP contribution is -2.42. The number of alkyl carbamates (subject to hydrolysis) is 1. The molecule has 3 rings (SSSR count). The van der Waals surface area contributed by atoms with E-state index in [9.17, 15) is 9.59 Å². The fourth-order valence-electron chi connectivity index (χ4n) is 3.23. The molecule has 28 heavy (non-hydrogen) atoms. The number of ether oxygens (including phenoxy) is 1. The summed E-state index contributed by atoms with van der Waals surface area (Å²) in [6, 6.07) is 1.82. The molecule has 152 valence electrons. The van der Waals surface area contributed by atoms with E-state index in [0.29, 0.717) is 11.7 Å². The van der Waals surface area contributed by atoms with Crippen molar-refractivity contribution in [2.24, 2.45) is 0 Å². The molecule has 1 aliphatic rings. The third-order valence-corrected chi connectivity index (χ3v) is 4.42. The molecule has 0 bridgehead atoms. The topological polar surface area (TPSA) is 122 Å². The number of carbonyl (C=O) groups excluding carboxylic acids is 2. The van der Waals surface area contributed by atoms with Gasteiger partial charge in [0.15, 0.2) is 5.82 Å². The molecule has 9 nitrogen and oxygen atoms in total. The van der Waals surface area contributed by atoms with Crippen molar-refractivity contribution >= 4 is 17.8 Å². The van der Waals surface area contributed by atoms with E-state index in [2.05, 4.69) is 25.8 Å². The Morgan fingerprint density at radius 1 is 1.36 bits per heavy atom. The number of nitrogens with zero attached hydrogens (tertiary/aromatic N) is 2. The van der Waals surface area contributed by atoms with Gasteiger partial charge in [0.2, 0.25) is 11.8 Å². The summed E-state index contributed by atoms with van der Waals surface area (Å²) in [7, 11) is 0. The van der Waals surface area contributed by atoms with Crippen molar-refractivity contribution in [3.05, 3.63) is 29.6 Å². The molecule has 3 N–H and O–H groups in total. The average molecular weight is 389 g/mol. The van der Waals surface area contributed by atoms with Crippen LogP contribution < -0.4 is 10.6 Å². The van der Waals surface area contributed by atoms with Crippen molar-refractivity contribution in [3.63, 3.8) is 0 Å². The van der Waals surface area contributed by atoms with Gasteiger partial charge in [-0.05, 0) is 47.0 Å². The number of H-pyrrole nitrogens is 1. The zero-order chi connectivity index (χ0) is 20.3. The van der Waals surface area contributed by atoms with Crippen LogP contribution in [0.15, 0.2) is 16.7 Å². The predicted octanol–water partition coefficient (Wildman–Crippen LogP) is 3.05. The first-order chi connectivity index (χ1) is 13.2. The second-order valence-electron chi connectivity index (χ2n) is 8.23. The largest absolute Gasteiger partial charge is 0.448 e. The summed E-state index contributed by atoms with van der Waals surface area (Å²) in [5.41, 5.74) is 1.33. The van der Waals surface area contributed by atoms with Crippen molar-refractivity contribution in [2.75, 3.05) is 5.32 Å². The monoisotopic (exact) mass is 389 g/mol. The van der Waals surface area contributed by atoms with E-state index in [1.807, 2.05) is 26.8 Å². The van der Waals surface area contributed by atoms with Gasteiger partial charge in [0.1, 0.15) is 18.8 Å². The Balaban J connectivity index is 1.49. The quantitative estimate of drug-likeness (QED) is 0.722. The van der Waals surface area contributed by atoms with Crippen LogP contribution in [0.2, 0.25) is 0 Å². The normalized spacial score (nSPS) is 19.4. The van der Waals surface area contributed by atoms with Crippen LogP contribution in [-0.2, 0) is 16.0 Å². The molecule has 1 aliphatic carbocycles. The van der Waals surface area contributed by atoms with Gasteiger partial charge in [-0.3, -0.25) is 9.89 Å². The number of amides is 2. The predicted molar refractivity (Wildman–Crippen MR) is 102 cm³/mol. The van der Waals surface area contributed by atoms with E-state index in [-0.39, 0.29) is 29.9 Å². The Kier molecular flexibility index (Phi) is 5.71. The zero-order valence-electron chi connectivity index (χ0n) is 16.7. The maximum Gasteiger partial charge on any atom is 0.407 e. The van der Waals surface area contributed by atoms with Gasteiger partial charge in [-0.2, -0.15) is 5.10 Å². The van der Waals surface area contributed by atoms with Gasteiger partial charge in [0, 0.05) is 23.2 Å². The molecule has 9 heteroatoms. The number of aryl methyl sites for hydroxylation is 1. The van der Waals surface area contributed by atoms with Crippen LogP contribution in [-0.4, -0.2) is 38.8 Å². The fourth-order valence-corrected chi connectivity index (χ4v) is 3.23. The molecule has 2 aromatic heterocycles. The summed E-state index contributed by atoms with van der Waals surface area (Å²) in [4.78, 5) is 28.1. The Morgan fingerprint density at radius 2 is 2.14 bits per heavy atom. The van der Waals surface area contributed by atoms with E-state index in [1.165, 1.54) is 6.26 Å². The highest BCUT2D eigenvalue weighted by molar-refractivity contribution is 5.90. The number of rotatable bonds is 5. The zero-order valence-corrected chi connectivity index (χ0v) is 16.7. The van der Waals surface area contributed by atoms with Gasteiger partial charge in [0.05, 0.1) is 5.69 Å². The summed E-state index contributed by atoms with van der Waals surface area (Å²) in [6.07, 6.45) is 3.46. The average Bonchev–Trinajstić information content (AvgIpc) is 3.27. The van der Waals surface area contributed by atoms with Crippen molar-refractivity contribution < 1.29 is 18.7 Å². The third-order valence-electron chi connectivity index (χ3n) is 4.42. The lowest BCUT2D eigenvalue weighted by molar-refractivity contribution is -0.115. The van der Waals surface area contributed by atoms with Crippen LogP contribution in [0.5, 0.6) is 0 Å². The molecule has 0 aliphatic heterocycles. The molecular weight excluding hydrogens is 362 g/mol. The SMILES string of the molecule is Cc1coc(CC(=O)Nc2cc([C@H]3CC[C@@H](OC(=O)NC(C)(C)C)C3)[nH]n2)n1. The van der Waals surface area contributed by atoms with Crippen molar-refractivity contribution in [1.29, 1.82) is 0 Å². The first-order valence-electron chi connectivity index (χ1n) is 9.43. The smallest absolute Gasteiger partial charge is 0.407 e. The number of carbonyl (C=O) groups is 2. The van der Waals surface area contributed by atoms with Crippen LogP contribution in [0.3, 0.4) is 0 Å². The minimum Gasteiger partial charge on any atom is -0.448 e. The molecule has 1 fully saturated rings. The van der Waals surface area contributed by atoms with Crippen molar-refractivity contribution in [2.45, 2.75) is 70.9 Å². The molecule has 0 radical (unpaired) electrons. The van der Waals surface area contributed by atoms with Crippen LogP contribution in [0.1, 0.15) is 63.2 Å². The van der Waals surface area contributed by atoms with Gasteiger partial charge >= 0.3 is 6.09 Å². The number of aromatic nitrogens is 3. The lowest BCUT2D eigenvalue weighted by atomic mass is 10.0. The molecule has 0 unspecified atom stereocenters. The summed E-state index contributed by atoms with van der Waals surface area (Å²) >= 11 is 0. The molecule has 2 heterocycles.